The first kappa shape index (κ1) is 20.9. The van der Waals surface area contributed by atoms with Gasteiger partial charge in [-0.25, -0.2) is 5.43 Å². The minimum absolute atomic E-state index is 0.307. The van der Waals surface area contributed by atoms with E-state index in [1.54, 1.807) is 38.5 Å². The number of hydrogen-bond acceptors (Lipinski definition) is 5. The van der Waals surface area contributed by atoms with Gasteiger partial charge in [0.15, 0.2) is 0 Å². The van der Waals surface area contributed by atoms with Crippen molar-refractivity contribution in [3.63, 3.8) is 0 Å². The van der Waals surface area contributed by atoms with Gasteiger partial charge in [-0.2, -0.15) is 10.2 Å². The summed E-state index contributed by atoms with van der Waals surface area (Å²) in [6.07, 6.45) is 1.50. The van der Waals surface area contributed by atoms with Crippen LogP contribution in [0.4, 0.5) is 0 Å². The molecule has 0 aliphatic heterocycles. The third kappa shape index (κ3) is 4.67. The highest BCUT2D eigenvalue weighted by Crippen LogP contribution is 2.24. The summed E-state index contributed by atoms with van der Waals surface area (Å²) in [5.41, 5.74) is 7.32. The molecule has 0 spiro atoms. The van der Waals surface area contributed by atoms with E-state index >= 15 is 0 Å². The zero-order valence-corrected chi connectivity index (χ0v) is 17.7. The predicted octanol–water partition coefficient (Wildman–Crippen LogP) is 4.52. The van der Waals surface area contributed by atoms with Crippen molar-refractivity contribution < 1.29 is 14.3 Å². The molecular formula is C25H22N4O3. The van der Waals surface area contributed by atoms with E-state index in [1.807, 2.05) is 42.5 Å². The van der Waals surface area contributed by atoms with Crippen molar-refractivity contribution in [1.29, 1.82) is 0 Å². The van der Waals surface area contributed by atoms with E-state index in [-0.39, 0.29) is 0 Å². The summed E-state index contributed by atoms with van der Waals surface area (Å²) in [4.78, 5) is 12.4. The SMILES string of the molecule is COc1ccc(OC)c(C=NNC(=O)c2cc(-c3ccc(-c4ccccc4)cc3)n[nH]2)c1. The Balaban J connectivity index is 1.43. The Labute approximate surface area is 185 Å². The largest absolute Gasteiger partial charge is 0.497 e. The molecular weight excluding hydrogens is 404 g/mol. The van der Waals surface area contributed by atoms with Crippen LogP contribution in [0.1, 0.15) is 16.1 Å². The van der Waals surface area contributed by atoms with Crippen molar-refractivity contribution in [3.8, 4) is 33.9 Å². The molecule has 3 aromatic carbocycles. The fraction of sp³-hybridized carbons (Fsp3) is 0.0800. The van der Waals surface area contributed by atoms with Crippen molar-refractivity contribution in [3.05, 3.63) is 90.1 Å². The average molecular weight is 426 g/mol. The Morgan fingerprint density at radius 3 is 2.34 bits per heavy atom. The Kier molecular flexibility index (Phi) is 6.27. The van der Waals surface area contributed by atoms with Gasteiger partial charge in [0, 0.05) is 11.1 Å². The van der Waals surface area contributed by atoms with E-state index in [0.29, 0.717) is 28.5 Å². The molecule has 7 nitrogen and oxygen atoms in total. The maximum atomic E-state index is 12.4. The number of amides is 1. The number of hydrogen-bond donors (Lipinski definition) is 2. The first-order chi connectivity index (χ1) is 15.7. The highest BCUT2D eigenvalue weighted by atomic mass is 16.5. The number of ether oxygens (including phenoxy) is 2. The quantitative estimate of drug-likeness (QED) is 0.336. The third-order valence-corrected chi connectivity index (χ3v) is 4.92. The monoisotopic (exact) mass is 426 g/mol. The molecule has 1 heterocycles. The first-order valence-electron chi connectivity index (χ1n) is 9.94. The summed E-state index contributed by atoms with van der Waals surface area (Å²) in [6, 6.07) is 25.2. The van der Waals surface area contributed by atoms with Crippen LogP contribution in [0.2, 0.25) is 0 Å². The van der Waals surface area contributed by atoms with Gasteiger partial charge in [-0.1, -0.05) is 54.6 Å². The molecule has 0 fully saturated rings. The lowest BCUT2D eigenvalue weighted by Gasteiger charge is -2.06. The fourth-order valence-corrected chi connectivity index (χ4v) is 3.21. The topological polar surface area (TPSA) is 88.6 Å². The molecule has 0 radical (unpaired) electrons. The number of carbonyl (C=O) groups excluding carboxylic acids is 1. The Morgan fingerprint density at radius 1 is 0.906 bits per heavy atom. The number of H-pyrrole nitrogens is 1. The van der Waals surface area contributed by atoms with Gasteiger partial charge in [0.05, 0.1) is 26.1 Å². The van der Waals surface area contributed by atoms with E-state index in [4.69, 9.17) is 9.47 Å². The van der Waals surface area contributed by atoms with Crippen LogP contribution in [0.15, 0.2) is 84.0 Å². The number of methoxy groups -OCH3 is 2. The smallest absolute Gasteiger partial charge is 0.289 e. The first-order valence-corrected chi connectivity index (χ1v) is 9.94. The highest BCUT2D eigenvalue weighted by Gasteiger charge is 2.11. The third-order valence-electron chi connectivity index (χ3n) is 4.92. The normalized spacial score (nSPS) is 10.8. The lowest BCUT2D eigenvalue weighted by Crippen LogP contribution is -2.18. The van der Waals surface area contributed by atoms with Crippen molar-refractivity contribution in [2.24, 2.45) is 5.10 Å². The number of aromatic amines is 1. The van der Waals surface area contributed by atoms with Crippen LogP contribution in [0.5, 0.6) is 11.5 Å². The molecule has 0 unspecified atom stereocenters. The van der Waals surface area contributed by atoms with Crippen LogP contribution in [-0.2, 0) is 0 Å². The van der Waals surface area contributed by atoms with E-state index in [1.165, 1.54) is 6.21 Å². The van der Waals surface area contributed by atoms with Crippen LogP contribution in [0, 0.1) is 0 Å². The second kappa shape index (κ2) is 9.61. The summed E-state index contributed by atoms with van der Waals surface area (Å²) in [7, 11) is 3.14. The van der Waals surface area contributed by atoms with Gasteiger partial charge in [-0.05, 0) is 35.4 Å². The van der Waals surface area contributed by atoms with Crippen LogP contribution in [0.25, 0.3) is 22.4 Å². The molecule has 1 aromatic heterocycles. The van der Waals surface area contributed by atoms with Crippen molar-refractivity contribution in [2.45, 2.75) is 0 Å². The second-order valence-electron chi connectivity index (χ2n) is 6.92. The molecule has 0 aliphatic carbocycles. The Hall–Kier alpha value is -4.39. The van der Waals surface area contributed by atoms with Crippen LogP contribution in [0.3, 0.4) is 0 Å². The van der Waals surface area contributed by atoms with Gasteiger partial charge in [0.25, 0.3) is 5.91 Å². The van der Waals surface area contributed by atoms with E-state index in [9.17, 15) is 4.79 Å². The number of hydrazone groups is 1. The summed E-state index contributed by atoms with van der Waals surface area (Å²) < 4.78 is 10.5. The number of benzene rings is 3. The van der Waals surface area contributed by atoms with Gasteiger partial charge in [-0.15, -0.1) is 0 Å². The van der Waals surface area contributed by atoms with E-state index < -0.39 is 5.91 Å². The zero-order chi connectivity index (χ0) is 22.3. The summed E-state index contributed by atoms with van der Waals surface area (Å²) in [5.74, 6) is 0.879. The summed E-state index contributed by atoms with van der Waals surface area (Å²) >= 11 is 0. The number of rotatable bonds is 7. The lowest BCUT2D eigenvalue weighted by atomic mass is 10.0. The number of aromatic nitrogens is 2. The Bertz CT molecular complexity index is 1230. The van der Waals surface area contributed by atoms with Crippen molar-refractivity contribution in [2.75, 3.05) is 14.2 Å². The Morgan fingerprint density at radius 2 is 1.62 bits per heavy atom. The van der Waals surface area contributed by atoms with Gasteiger partial charge in [0.2, 0.25) is 0 Å². The summed E-state index contributed by atoms with van der Waals surface area (Å²) in [5, 5.41) is 11.0. The number of carbonyl (C=O) groups is 1. The maximum absolute atomic E-state index is 12.4. The van der Waals surface area contributed by atoms with Crippen molar-refractivity contribution in [1.82, 2.24) is 15.6 Å². The zero-order valence-electron chi connectivity index (χ0n) is 17.7. The molecule has 4 aromatic rings. The number of nitrogens with zero attached hydrogens (tertiary/aromatic N) is 2. The van der Waals surface area contributed by atoms with Crippen molar-refractivity contribution >= 4 is 12.1 Å². The fourth-order valence-electron chi connectivity index (χ4n) is 3.21. The van der Waals surface area contributed by atoms with Gasteiger partial charge in [0.1, 0.15) is 17.2 Å². The maximum Gasteiger partial charge on any atom is 0.289 e. The van der Waals surface area contributed by atoms with Gasteiger partial charge in [-0.3, -0.25) is 9.89 Å². The summed E-state index contributed by atoms with van der Waals surface area (Å²) in [6.45, 7) is 0. The molecule has 0 saturated heterocycles. The lowest BCUT2D eigenvalue weighted by molar-refractivity contribution is 0.0950. The van der Waals surface area contributed by atoms with E-state index in [0.717, 1.165) is 16.7 Å². The van der Waals surface area contributed by atoms with Gasteiger partial charge >= 0.3 is 0 Å². The van der Waals surface area contributed by atoms with Gasteiger partial charge < -0.3 is 9.47 Å². The molecule has 2 N–H and O–H groups in total. The molecule has 160 valence electrons. The second-order valence-corrected chi connectivity index (χ2v) is 6.92. The van der Waals surface area contributed by atoms with Crippen LogP contribution in [-0.4, -0.2) is 36.5 Å². The molecule has 4 rings (SSSR count). The predicted molar refractivity (Wildman–Crippen MR) is 124 cm³/mol. The number of nitrogens with one attached hydrogen (secondary N) is 2. The molecule has 0 saturated carbocycles. The molecule has 0 aliphatic rings. The molecule has 7 heteroatoms. The standard InChI is InChI=1S/C25H22N4O3/c1-31-21-12-13-24(32-2)20(14-21)16-26-29-25(30)23-15-22(27-28-23)19-10-8-18(9-11-19)17-6-4-3-5-7-17/h3-16H,1-2H3,(H,27,28)(H,29,30). The minimum atomic E-state index is -0.400. The molecule has 0 bridgehead atoms. The minimum Gasteiger partial charge on any atom is -0.497 e. The highest BCUT2D eigenvalue weighted by molar-refractivity contribution is 5.94. The average Bonchev–Trinajstić information content (AvgIpc) is 3.35. The molecule has 0 atom stereocenters. The molecule has 32 heavy (non-hydrogen) atoms. The van der Waals surface area contributed by atoms with E-state index in [2.05, 4.69) is 32.9 Å². The van der Waals surface area contributed by atoms with Crippen LogP contribution >= 0.6 is 0 Å². The van der Waals surface area contributed by atoms with Crippen LogP contribution < -0.4 is 14.9 Å². The molecule has 1 amide bonds.